The summed E-state index contributed by atoms with van der Waals surface area (Å²) in [6.45, 7) is 3.80. The number of phenols is 2. The Bertz CT molecular complexity index is 835. The van der Waals surface area contributed by atoms with E-state index in [1.165, 1.54) is 0 Å². The quantitative estimate of drug-likeness (QED) is 0.492. The third kappa shape index (κ3) is 2.69. The van der Waals surface area contributed by atoms with Crippen molar-refractivity contribution in [3.8, 4) is 11.5 Å². The molecule has 3 aromatic carbocycles. The summed E-state index contributed by atoms with van der Waals surface area (Å²) < 4.78 is 0. The lowest BCUT2D eigenvalue weighted by atomic mass is 9.80. The van der Waals surface area contributed by atoms with Crippen molar-refractivity contribution in [2.45, 2.75) is 19.8 Å². The molecular weight excluding hydrogens is 298 g/mol. The van der Waals surface area contributed by atoms with Gasteiger partial charge in [-0.05, 0) is 59.9 Å². The lowest BCUT2D eigenvalue weighted by molar-refractivity contribution is 0.469. The molecule has 0 aliphatic heterocycles. The van der Waals surface area contributed by atoms with E-state index in [9.17, 15) is 10.2 Å². The molecule has 0 spiro atoms. The minimum Gasteiger partial charge on any atom is -0.508 e. The van der Waals surface area contributed by atoms with Crippen LogP contribution < -0.4 is 5.73 Å². The molecule has 4 N–H and O–H groups in total. The maximum Gasteiger partial charge on any atom is 0.118 e. The van der Waals surface area contributed by atoms with Crippen LogP contribution in [0.1, 0.15) is 33.7 Å². The van der Waals surface area contributed by atoms with Crippen LogP contribution in [0.25, 0.3) is 0 Å². The minimum absolute atomic E-state index is 0.162. The number of hydrogen-bond donors (Lipinski definition) is 3. The van der Waals surface area contributed by atoms with Gasteiger partial charge in [0.25, 0.3) is 0 Å². The lowest BCUT2D eigenvalue weighted by Crippen LogP contribution is -2.09. The zero-order chi connectivity index (χ0) is 17.3. The molecule has 0 fully saturated rings. The van der Waals surface area contributed by atoms with E-state index in [4.69, 9.17) is 5.73 Å². The van der Waals surface area contributed by atoms with Gasteiger partial charge in [-0.25, -0.2) is 0 Å². The van der Waals surface area contributed by atoms with Gasteiger partial charge in [0.2, 0.25) is 0 Å². The molecule has 0 radical (unpaired) electrons. The van der Waals surface area contributed by atoms with Crippen molar-refractivity contribution in [1.82, 2.24) is 0 Å². The number of nitrogen functional groups attached to an aromatic ring is 1. The van der Waals surface area contributed by atoms with E-state index < -0.39 is 0 Å². The summed E-state index contributed by atoms with van der Waals surface area (Å²) in [6, 6.07) is 18.7. The Hall–Kier alpha value is -2.94. The third-order valence-corrected chi connectivity index (χ3v) is 4.62. The van der Waals surface area contributed by atoms with E-state index in [0.717, 1.165) is 27.8 Å². The number of para-hydroxylation sites is 1. The first-order valence-corrected chi connectivity index (χ1v) is 7.92. The molecule has 0 heterocycles. The van der Waals surface area contributed by atoms with Crippen LogP contribution in [0.5, 0.6) is 11.5 Å². The highest BCUT2D eigenvalue weighted by molar-refractivity contribution is 5.60. The van der Waals surface area contributed by atoms with Crippen molar-refractivity contribution in [3.63, 3.8) is 0 Å². The van der Waals surface area contributed by atoms with E-state index in [1.807, 2.05) is 62.4 Å². The number of benzene rings is 3. The molecule has 0 aromatic heterocycles. The molecule has 3 rings (SSSR count). The van der Waals surface area contributed by atoms with Crippen LogP contribution in [0.4, 0.5) is 5.69 Å². The molecule has 0 atom stereocenters. The van der Waals surface area contributed by atoms with Crippen LogP contribution in [-0.2, 0) is 0 Å². The summed E-state index contributed by atoms with van der Waals surface area (Å²) in [5.41, 5.74) is 11.5. The molecule has 0 unspecified atom stereocenters. The molecule has 3 heteroatoms. The molecule has 122 valence electrons. The number of rotatable bonds is 3. The Morgan fingerprint density at radius 3 is 1.62 bits per heavy atom. The highest BCUT2D eigenvalue weighted by Gasteiger charge is 2.23. The predicted octanol–water partition coefficient (Wildman–Crippen LogP) is 4.48. The van der Waals surface area contributed by atoms with Crippen LogP contribution in [0.3, 0.4) is 0 Å². The first kappa shape index (κ1) is 15.9. The van der Waals surface area contributed by atoms with Gasteiger partial charge in [-0.1, -0.05) is 42.5 Å². The maximum absolute atomic E-state index is 10.2. The van der Waals surface area contributed by atoms with Gasteiger partial charge >= 0.3 is 0 Å². The number of hydrogen-bond acceptors (Lipinski definition) is 3. The monoisotopic (exact) mass is 319 g/mol. The molecule has 0 saturated carbocycles. The van der Waals surface area contributed by atoms with Gasteiger partial charge in [0.15, 0.2) is 0 Å². The average molecular weight is 319 g/mol. The molecule has 0 bridgehead atoms. The summed E-state index contributed by atoms with van der Waals surface area (Å²) in [5.74, 6) is 0.347. The fraction of sp³-hybridized carbons (Fsp3) is 0.143. The van der Waals surface area contributed by atoms with Gasteiger partial charge in [0, 0.05) is 11.6 Å². The second-order valence-electron chi connectivity index (χ2n) is 6.04. The number of nitrogens with two attached hydrogens (primary N) is 1. The Kier molecular flexibility index (Phi) is 4.17. The van der Waals surface area contributed by atoms with Crippen LogP contribution in [-0.4, -0.2) is 10.2 Å². The second kappa shape index (κ2) is 6.28. The summed E-state index contributed by atoms with van der Waals surface area (Å²) in [4.78, 5) is 0. The average Bonchev–Trinajstić information content (AvgIpc) is 2.57. The van der Waals surface area contributed by atoms with Crippen molar-refractivity contribution < 1.29 is 10.2 Å². The highest BCUT2D eigenvalue weighted by atomic mass is 16.3. The topological polar surface area (TPSA) is 66.5 Å². The van der Waals surface area contributed by atoms with E-state index in [-0.39, 0.29) is 17.4 Å². The van der Waals surface area contributed by atoms with Crippen molar-refractivity contribution in [2.75, 3.05) is 5.73 Å². The highest BCUT2D eigenvalue weighted by Crippen LogP contribution is 2.41. The van der Waals surface area contributed by atoms with Crippen molar-refractivity contribution in [2.24, 2.45) is 0 Å². The van der Waals surface area contributed by atoms with Gasteiger partial charge < -0.3 is 15.9 Å². The lowest BCUT2D eigenvalue weighted by Gasteiger charge is -2.24. The predicted molar refractivity (Wildman–Crippen MR) is 97.5 cm³/mol. The Morgan fingerprint density at radius 1 is 0.667 bits per heavy atom. The van der Waals surface area contributed by atoms with E-state index >= 15 is 0 Å². The normalized spacial score (nSPS) is 11.0. The standard InChI is InChI=1S/C21H21NO2/c1-13-15(8-5-11-19(13)23)21(17-7-3-4-10-18(17)22)16-9-6-12-20(24)14(16)2/h3-12,21,23-24H,22H2,1-2H3. The van der Waals surface area contributed by atoms with Crippen LogP contribution >= 0.6 is 0 Å². The Balaban J connectivity index is 2.32. The van der Waals surface area contributed by atoms with Crippen molar-refractivity contribution in [1.29, 1.82) is 0 Å². The Morgan fingerprint density at radius 2 is 1.12 bits per heavy atom. The zero-order valence-electron chi connectivity index (χ0n) is 13.8. The smallest absolute Gasteiger partial charge is 0.118 e. The fourth-order valence-corrected chi connectivity index (χ4v) is 3.18. The van der Waals surface area contributed by atoms with Gasteiger partial charge in [0.05, 0.1) is 0 Å². The molecule has 3 nitrogen and oxygen atoms in total. The third-order valence-electron chi connectivity index (χ3n) is 4.62. The molecule has 0 aliphatic carbocycles. The van der Waals surface area contributed by atoms with Gasteiger partial charge in [0.1, 0.15) is 11.5 Å². The molecule has 0 saturated heterocycles. The number of anilines is 1. The first-order chi connectivity index (χ1) is 11.5. The molecule has 0 aliphatic rings. The van der Waals surface area contributed by atoms with Crippen LogP contribution in [0, 0.1) is 13.8 Å². The second-order valence-corrected chi connectivity index (χ2v) is 6.04. The van der Waals surface area contributed by atoms with Gasteiger partial charge in [-0.15, -0.1) is 0 Å². The van der Waals surface area contributed by atoms with Crippen LogP contribution in [0.15, 0.2) is 60.7 Å². The summed E-state index contributed by atoms with van der Waals surface area (Å²) in [7, 11) is 0. The van der Waals surface area contributed by atoms with Gasteiger partial charge in [-0.2, -0.15) is 0 Å². The zero-order valence-corrected chi connectivity index (χ0v) is 13.8. The summed E-state index contributed by atoms with van der Waals surface area (Å²) in [6.07, 6.45) is 0. The fourth-order valence-electron chi connectivity index (χ4n) is 3.18. The van der Waals surface area contributed by atoms with E-state index in [1.54, 1.807) is 12.1 Å². The minimum atomic E-state index is -0.162. The van der Waals surface area contributed by atoms with Crippen molar-refractivity contribution >= 4 is 5.69 Å². The molecule has 24 heavy (non-hydrogen) atoms. The van der Waals surface area contributed by atoms with E-state index in [0.29, 0.717) is 5.69 Å². The SMILES string of the molecule is Cc1c(O)cccc1C(c1ccccc1N)c1cccc(O)c1C. The summed E-state index contributed by atoms with van der Waals surface area (Å²) in [5, 5.41) is 20.3. The molecular formula is C21H21NO2. The first-order valence-electron chi connectivity index (χ1n) is 7.92. The Labute approximate surface area is 142 Å². The maximum atomic E-state index is 10.2. The number of phenolic OH excluding ortho intramolecular Hbond substituents is 2. The van der Waals surface area contributed by atoms with Crippen LogP contribution in [0.2, 0.25) is 0 Å². The van der Waals surface area contributed by atoms with E-state index in [2.05, 4.69) is 0 Å². The summed E-state index contributed by atoms with van der Waals surface area (Å²) >= 11 is 0. The number of aromatic hydroxyl groups is 2. The largest absolute Gasteiger partial charge is 0.508 e. The molecule has 3 aromatic rings. The van der Waals surface area contributed by atoms with Gasteiger partial charge in [-0.3, -0.25) is 0 Å². The van der Waals surface area contributed by atoms with Crippen molar-refractivity contribution in [3.05, 3.63) is 88.5 Å². The molecule has 0 amide bonds.